The van der Waals surface area contributed by atoms with Gasteiger partial charge in [-0.05, 0) is 24.5 Å². The maximum Gasteiger partial charge on any atom is 0.326 e. The summed E-state index contributed by atoms with van der Waals surface area (Å²) in [5.74, 6) is -2.00. The fraction of sp³-hybridized carbons (Fsp3) is 0.400. The first-order chi connectivity index (χ1) is 10.3. The highest BCUT2D eigenvalue weighted by molar-refractivity contribution is 5.99. The van der Waals surface area contributed by atoms with Crippen LogP contribution in [0.4, 0.5) is 5.69 Å². The van der Waals surface area contributed by atoms with Gasteiger partial charge in [-0.25, -0.2) is 4.79 Å². The number of primary amides is 1. The predicted octanol–water partition coefficient (Wildman–Crippen LogP) is 0.813. The number of aliphatic carboxylic acids is 1. The Morgan fingerprint density at radius 3 is 2.41 bits per heavy atom. The van der Waals surface area contributed by atoms with Gasteiger partial charge in [0.2, 0.25) is 5.91 Å². The Hall–Kier alpha value is -2.57. The Balaban J connectivity index is 2.62. The molecular formula is C15H21N3O4. The van der Waals surface area contributed by atoms with Gasteiger partial charge in [-0.3, -0.25) is 9.59 Å². The molecule has 0 heterocycles. The van der Waals surface area contributed by atoms with Crippen LogP contribution >= 0.6 is 0 Å². The molecule has 0 saturated carbocycles. The summed E-state index contributed by atoms with van der Waals surface area (Å²) in [6.45, 7) is 3.61. The lowest BCUT2D eigenvalue weighted by molar-refractivity contribution is -0.142. The van der Waals surface area contributed by atoms with Crippen molar-refractivity contribution in [3.05, 3.63) is 29.8 Å². The SMILES string of the molecule is CC(C)CC(NC(=O)CNc1ccccc1C(N)=O)C(=O)O. The molecule has 0 bridgehead atoms. The third-order valence-corrected chi connectivity index (χ3v) is 2.97. The van der Waals surface area contributed by atoms with E-state index in [-0.39, 0.29) is 18.0 Å². The van der Waals surface area contributed by atoms with Gasteiger partial charge in [-0.1, -0.05) is 26.0 Å². The highest BCUT2D eigenvalue weighted by Crippen LogP contribution is 2.13. The number of hydrogen-bond acceptors (Lipinski definition) is 4. The largest absolute Gasteiger partial charge is 0.480 e. The number of benzene rings is 1. The minimum absolute atomic E-state index is 0.143. The molecule has 0 aliphatic rings. The molecule has 22 heavy (non-hydrogen) atoms. The first-order valence-electron chi connectivity index (χ1n) is 6.96. The standard InChI is InChI=1S/C15H21N3O4/c1-9(2)7-12(15(21)22)18-13(19)8-17-11-6-4-3-5-10(11)14(16)20/h3-6,9,12,17H,7-8H2,1-2H3,(H2,16,20)(H,18,19)(H,21,22). The molecule has 7 heteroatoms. The molecule has 0 spiro atoms. The van der Waals surface area contributed by atoms with Gasteiger partial charge in [-0.2, -0.15) is 0 Å². The van der Waals surface area contributed by atoms with E-state index in [4.69, 9.17) is 10.8 Å². The Morgan fingerprint density at radius 2 is 1.86 bits per heavy atom. The zero-order chi connectivity index (χ0) is 16.7. The average Bonchev–Trinajstić information content (AvgIpc) is 2.44. The number of nitrogens with one attached hydrogen (secondary N) is 2. The van der Waals surface area contributed by atoms with Crippen molar-refractivity contribution in [3.63, 3.8) is 0 Å². The second-order valence-corrected chi connectivity index (χ2v) is 5.35. The molecule has 1 unspecified atom stereocenters. The van der Waals surface area contributed by atoms with Crippen LogP contribution in [0.25, 0.3) is 0 Å². The summed E-state index contributed by atoms with van der Waals surface area (Å²) in [4.78, 5) is 34.2. The highest BCUT2D eigenvalue weighted by Gasteiger charge is 2.21. The number of hydrogen-bond donors (Lipinski definition) is 4. The summed E-state index contributed by atoms with van der Waals surface area (Å²) in [5.41, 5.74) is 5.94. The van der Waals surface area contributed by atoms with Crippen LogP contribution in [0.15, 0.2) is 24.3 Å². The summed E-state index contributed by atoms with van der Waals surface area (Å²) in [5, 5.41) is 14.3. The van der Waals surface area contributed by atoms with Crippen molar-refractivity contribution in [2.24, 2.45) is 11.7 Å². The van der Waals surface area contributed by atoms with Gasteiger partial charge in [-0.15, -0.1) is 0 Å². The Labute approximate surface area is 128 Å². The summed E-state index contributed by atoms with van der Waals surface area (Å²) >= 11 is 0. The molecule has 1 aromatic rings. The molecule has 2 amide bonds. The lowest BCUT2D eigenvalue weighted by Crippen LogP contribution is -2.44. The number of carboxylic acid groups (broad SMARTS) is 1. The second kappa shape index (κ2) is 8.02. The van der Waals surface area contributed by atoms with Crippen molar-refractivity contribution < 1.29 is 19.5 Å². The Bertz CT molecular complexity index is 557. The fourth-order valence-electron chi connectivity index (χ4n) is 1.97. The maximum absolute atomic E-state index is 11.8. The molecule has 0 aliphatic heterocycles. The number of nitrogens with two attached hydrogens (primary N) is 1. The van der Waals surface area contributed by atoms with Gasteiger partial charge in [0.05, 0.1) is 12.1 Å². The van der Waals surface area contributed by atoms with E-state index < -0.39 is 23.8 Å². The molecule has 0 radical (unpaired) electrons. The van der Waals surface area contributed by atoms with Crippen molar-refractivity contribution >= 4 is 23.5 Å². The molecule has 120 valence electrons. The number of anilines is 1. The normalized spacial score (nSPS) is 11.8. The second-order valence-electron chi connectivity index (χ2n) is 5.35. The van der Waals surface area contributed by atoms with Crippen LogP contribution in [-0.2, 0) is 9.59 Å². The highest BCUT2D eigenvalue weighted by atomic mass is 16.4. The van der Waals surface area contributed by atoms with Gasteiger partial charge < -0.3 is 21.5 Å². The molecule has 0 aromatic heterocycles. The number of para-hydroxylation sites is 1. The van der Waals surface area contributed by atoms with Crippen LogP contribution in [0.3, 0.4) is 0 Å². The van der Waals surface area contributed by atoms with Gasteiger partial charge >= 0.3 is 5.97 Å². The van der Waals surface area contributed by atoms with E-state index in [1.165, 1.54) is 0 Å². The van der Waals surface area contributed by atoms with Crippen LogP contribution in [-0.4, -0.2) is 35.5 Å². The van der Waals surface area contributed by atoms with Crippen LogP contribution < -0.4 is 16.4 Å². The molecule has 1 rings (SSSR count). The van der Waals surface area contributed by atoms with Crippen LogP contribution in [0.1, 0.15) is 30.6 Å². The number of rotatable bonds is 8. The minimum atomic E-state index is -1.07. The van der Waals surface area contributed by atoms with E-state index in [1.807, 2.05) is 13.8 Å². The summed E-state index contributed by atoms with van der Waals surface area (Å²) in [6.07, 6.45) is 0.346. The molecule has 0 fully saturated rings. The van der Waals surface area contributed by atoms with Crippen molar-refractivity contribution in [2.75, 3.05) is 11.9 Å². The molecular weight excluding hydrogens is 286 g/mol. The molecule has 0 aliphatic carbocycles. The lowest BCUT2D eigenvalue weighted by atomic mass is 10.0. The fourth-order valence-corrected chi connectivity index (χ4v) is 1.97. The minimum Gasteiger partial charge on any atom is -0.480 e. The van der Waals surface area contributed by atoms with Crippen molar-refractivity contribution in [1.82, 2.24) is 5.32 Å². The summed E-state index contributed by atoms with van der Waals surface area (Å²) in [7, 11) is 0. The lowest BCUT2D eigenvalue weighted by Gasteiger charge is -2.17. The van der Waals surface area contributed by atoms with E-state index in [0.717, 1.165) is 0 Å². The van der Waals surface area contributed by atoms with Crippen molar-refractivity contribution in [2.45, 2.75) is 26.3 Å². The predicted molar refractivity (Wildman–Crippen MR) is 82.5 cm³/mol. The third kappa shape index (κ3) is 5.43. The Morgan fingerprint density at radius 1 is 1.23 bits per heavy atom. The summed E-state index contributed by atoms with van der Waals surface area (Å²) in [6, 6.07) is 5.60. The quantitative estimate of drug-likeness (QED) is 0.566. The van der Waals surface area contributed by atoms with Gasteiger partial charge in [0.1, 0.15) is 6.04 Å². The number of carboxylic acids is 1. The zero-order valence-electron chi connectivity index (χ0n) is 12.6. The molecule has 7 nitrogen and oxygen atoms in total. The maximum atomic E-state index is 11.8. The molecule has 1 atom stereocenters. The van der Waals surface area contributed by atoms with Crippen LogP contribution in [0.5, 0.6) is 0 Å². The molecule has 0 saturated heterocycles. The zero-order valence-corrected chi connectivity index (χ0v) is 12.6. The Kier molecular flexibility index (Phi) is 6.37. The summed E-state index contributed by atoms with van der Waals surface area (Å²) < 4.78 is 0. The van der Waals surface area contributed by atoms with Crippen molar-refractivity contribution in [1.29, 1.82) is 0 Å². The van der Waals surface area contributed by atoms with E-state index >= 15 is 0 Å². The smallest absolute Gasteiger partial charge is 0.326 e. The van der Waals surface area contributed by atoms with E-state index in [0.29, 0.717) is 12.1 Å². The van der Waals surface area contributed by atoms with Gasteiger partial charge in [0.15, 0.2) is 0 Å². The topological polar surface area (TPSA) is 122 Å². The van der Waals surface area contributed by atoms with Crippen LogP contribution in [0.2, 0.25) is 0 Å². The third-order valence-electron chi connectivity index (χ3n) is 2.97. The average molecular weight is 307 g/mol. The van der Waals surface area contributed by atoms with E-state index in [9.17, 15) is 14.4 Å². The number of amides is 2. The molecule has 1 aromatic carbocycles. The number of carbonyl (C=O) groups is 3. The van der Waals surface area contributed by atoms with E-state index in [2.05, 4.69) is 10.6 Å². The van der Waals surface area contributed by atoms with Crippen LogP contribution in [0, 0.1) is 5.92 Å². The first-order valence-corrected chi connectivity index (χ1v) is 6.96. The van der Waals surface area contributed by atoms with Crippen molar-refractivity contribution in [3.8, 4) is 0 Å². The monoisotopic (exact) mass is 307 g/mol. The number of carbonyl (C=O) groups excluding carboxylic acids is 2. The molecule has 5 N–H and O–H groups in total. The van der Waals surface area contributed by atoms with Gasteiger partial charge in [0.25, 0.3) is 5.91 Å². The van der Waals surface area contributed by atoms with E-state index in [1.54, 1.807) is 24.3 Å². The first kappa shape index (κ1) is 17.5. The van der Waals surface area contributed by atoms with Gasteiger partial charge in [0, 0.05) is 5.69 Å².